The highest BCUT2D eigenvalue weighted by Gasteiger charge is 2.28. The lowest BCUT2D eigenvalue weighted by molar-refractivity contribution is 0.477. The molecule has 0 radical (unpaired) electrons. The summed E-state index contributed by atoms with van der Waals surface area (Å²) < 4.78 is 25.9. The first-order valence-corrected chi connectivity index (χ1v) is 7.10. The van der Waals surface area contributed by atoms with Crippen LogP contribution in [0.4, 0.5) is 0 Å². The summed E-state index contributed by atoms with van der Waals surface area (Å²) in [7, 11) is -3.38. The Bertz CT molecular complexity index is 493. The van der Waals surface area contributed by atoms with Gasteiger partial charge in [0.15, 0.2) is 0 Å². The van der Waals surface area contributed by atoms with Crippen molar-refractivity contribution in [3.63, 3.8) is 0 Å². The standard InChI is InChI=1S/C11H14ClNO2S/c1-9-4-5-11(10(12)8-9)16(14,15)13-6-2-3-7-13/h4-5,8H,2-3,6-7H2,1H3. The Kier molecular flexibility index (Phi) is 3.24. The van der Waals surface area contributed by atoms with E-state index in [1.54, 1.807) is 18.2 Å². The topological polar surface area (TPSA) is 37.4 Å². The molecular formula is C11H14ClNO2S. The molecule has 0 aliphatic carbocycles. The van der Waals surface area contributed by atoms with Gasteiger partial charge in [-0.25, -0.2) is 8.42 Å². The number of hydrogen-bond donors (Lipinski definition) is 0. The molecular weight excluding hydrogens is 246 g/mol. The van der Waals surface area contributed by atoms with Gasteiger partial charge in [-0.3, -0.25) is 0 Å². The Morgan fingerprint density at radius 3 is 2.44 bits per heavy atom. The summed E-state index contributed by atoms with van der Waals surface area (Å²) in [5, 5.41) is 0.312. The largest absolute Gasteiger partial charge is 0.244 e. The van der Waals surface area contributed by atoms with Crippen LogP contribution in [-0.2, 0) is 10.0 Å². The van der Waals surface area contributed by atoms with Crippen LogP contribution in [-0.4, -0.2) is 25.8 Å². The molecule has 5 heteroatoms. The monoisotopic (exact) mass is 259 g/mol. The zero-order valence-electron chi connectivity index (χ0n) is 9.11. The van der Waals surface area contributed by atoms with Gasteiger partial charge in [-0.2, -0.15) is 4.31 Å². The molecule has 0 N–H and O–H groups in total. The fourth-order valence-corrected chi connectivity index (χ4v) is 3.97. The molecule has 1 aliphatic rings. The van der Waals surface area contributed by atoms with Gasteiger partial charge in [0.25, 0.3) is 0 Å². The molecule has 0 aromatic heterocycles. The third-order valence-corrected chi connectivity index (χ3v) is 5.15. The van der Waals surface area contributed by atoms with E-state index in [0.717, 1.165) is 18.4 Å². The summed E-state index contributed by atoms with van der Waals surface area (Å²) in [6, 6.07) is 5.05. The molecule has 1 saturated heterocycles. The lowest BCUT2D eigenvalue weighted by Crippen LogP contribution is -2.28. The molecule has 3 nitrogen and oxygen atoms in total. The van der Waals surface area contributed by atoms with Crippen molar-refractivity contribution in [2.75, 3.05) is 13.1 Å². The Hall–Kier alpha value is -0.580. The second-order valence-electron chi connectivity index (χ2n) is 4.05. The number of benzene rings is 1. The minimum absolute atomic E-state index is 0.224. The number of sulfonamides is 1. The van der Waals surface area contributed by atoms with Crippen LogP contribution in [0, 0.1) is 6.92 Å². The summed E-state index contributed by atoms with van der Waals surface area (Å²) in [6.45, 7) is 3.09. The number of rotatable bonds is 2. The minimum Gasteiger partial charge on any atom is -0.207 e. The fraction of sp³-hybridized carbons (Fsp3) is 0.455. The van der Waals surface area contributed by atoms with Crippen molar-refractivity contribution in [3.05, 3.63) is 28.8 Å². The van der Waals surface area contributed by atoms with Crippen molar-refractivity contribution in [1.82, 2.24) is 4.31 Å². The van der Waals surface area contributed by atoms with Crippen molar-refractivity contribution in [3.8, 4) is 0 Å². The van der Waals surface area contributed by atoms with Gasteiger partial charge < -0.3 is 0 Å². The molecule has 0 spiro atoms. The fourth-order valence-electron chi connectivity index (χ4n) is 1.88. The first kappa shape index (κ1) is 11.9. The molecule has 88 valence electrons. The van der Waals surface area contributed by atoms with Crippen LogP contribution >= 0.6 is 11.6 Å². The predicted octanol–water partition coefficient (Wildman–Crippen LogP) is 2.43. The highest BCUT2D eigenvalue weighted by atomic mass is 35.5. The Morgan fingerprint density at radius 1 is 1.25 bits per heavy atom. The average molecular weight is 260 g/mol. The van der Waals surface area contributed by atoms with Crippen molar-refractivity contribution in [1.29, 1.82) is 0 Å². The van der Waals surface area contributed by atoms with Gasteiger partial charge in [0.1, 0.15) is 4.90 Å². The summed E-state index contributed by atoms with van der Waals surface area (Å²) >= 11 is 5.99. The van der Waals surface area contributed by atoms with E-state index < -0.39 is 10.0 Å². The number of halogens is 1. The van der Waals surface area contributed by atoms with Gasteiger partial charge in [0, 0.05) is 13.1 Å². The highest BCUT2D eigenvalue weighted by Crippen LogP contribution is 2.27. The molecule has 1 fully saturated rings. The molecule has 0 amide bonds. The van der Waals surface area contributed by atoms with E-state index in [1.807, 2.05) is 6.92 Å². The predicted molar refractivity (Wildman–Crippen MR) is 64.2 cm³/mol. The summed E-state index contributed by atoms with van der Waals surface area (Å²) in [4.78, 5) is 0.224. The van der Waals surface area contributed by atoms with Crippen LogP contribution in [0.25, 0.3) is 0 Å². The molecule has 0 bridgehead atoms. The molecule has 2 rings (SSSR count). The Balaban J connectivity index is 2.42. The third kappa shape index (κ3) is 2.10. The zero-order chi connectivity index (χ0) is 11.8. The van der Waals surface area contributed by atoms with Crippen LogP contribution in [0.3, 0.4) is 0 Å². The van der Waals surface area contributed by atoms with Gasteiger partial charge in [-0.05, 0) is 37.5 Å². The van der Waals surface area contributed by atoms with Crippen LogP contribution in [0.1, 0.15) is 18.4 Å². The van der Waals surface area contributed by atoms with Crippen LogP contribution in [0.5, 0.6) is 0 Å². The maximum Gasteiger partial charge on any atom is 0.244 e. The van der Waals surface area contributed by atoms with Crippen LogP contribution in [0.15, 0.2) is 23.1 Å². The smallest absolute Gasteiger partial charge is 0.207 e. The van der Waals surface area contributed by atoms with E-state index in [1.165, 1.54) is 4.31 Å². The number of hydrogen-bond acceptors (Lipinski definition) is 2. The van der Waals surface area contributed by atoms with E-state index in [4.69, 9.17) is 11.6 Å². The Labute approximate surface area is 101 Å². The van der Waals surface area contributed by atoms with Gasteiger partial charge in [0.2, 0.25) is 10.0 Å². The third-order valence-electron chi connectivity index (χ3n) is 2.77. The first-order valence-electron chi connectivity index (χ1n) is 5.28. The molecule has 1 aliphatic heterocycles. The molecule has 0 atom stereocenters. The SMILES string of the molecule is Cc1ccc(S(=O)(=O)N2CCCC2)c(Cl)c1. The van der Waals surface area contributed by atoms with Gasteiger partial charge in [0.05, 0.1) is 5.02 Å². The zero-order valence-corrected chi connectivity index (χ0v) is 10.7. The molecule has 0 saturated carbocycles. The van der Waals surface area contributed by atoms with Crippen LogP contribution in [0.2, 0.25) is 5.02 Å². The molecule has 16 heavy (non-hydrogen) atoms. The summed E-state index contributed by atoms with van der Waals surface area (Å²) in [5.41, 5.74) is 0.963. The second kappa shape index (κ2) is 4.35. The van der Waals surface area contributed by atoms with E-state index >= 15 is 0 Å². The van der Waals surface area contributed by atoms with Crippen molar-refractivity contribution in [2.45, 2.75) is 24.7 Å². The second-order valence-corrected chi connectivity index (χ2v) is 6.36. The quantitative estimate of drug-likeness (QED) is 0.818. The highest BCUT2D eigenvalue weighted by molar-refractivity contribution is 7.89. The van der Waals surface area contributed by atoms with Gasteiger partial charge >= 0.3 is 0 Å². The van der Waals surface area contributed by atoms with Crippen molar-refractivity contribution in [2.24, 2.45) is 0 Å². The van der Waals surface area contributed by atoms with Gasteiger partial charge in [-0.15, -0.1) is 0 Å². The number of aryl methyl sites for hydroxylation is 1. The van der Waals surface area contributed by atoms with Crippen molar-refractivity contribution >= 4 is 21.6 Å². The maximum absolute atomic E-state index is 12.2. The molecule has 0 unspecified atom stereocenters. The average Bonchev–Trinajstić information content (AvgIpc) is 2.69. The maximum atomic E-state index is 12.2. The van der Waals surface area contributed by atoms with E-state index in [9.17, 15) is 8.42 Å². The normalized spacial score (nSPS) is 17.9. The number of nitrogens with zero attached hydrogens (tertiary/aromatic N) is 1. The van der Waals surface area contributed by atoms with Crippen molar-refractivity contribution < 1.29 is 8.42 Å². The summed E-state index contributed by atoms with van der Waals surface area (Å²) in [6.07, 6.45) is 1.87. The van der Waals surface area contributed by atoms with Gasteiger partial charge in [-0.1, -0.05) is 17.7 Å². The molecule has 1 heterocycles. The lowest BCUT2D eigenvalue weighted by atomic mass is 10.2. The van der Waals surface area contributed by atoms with Crippen LogP contribution < -0.4 is 0 Å². The summed E-state index contributed by atoms with van der Waals surface area (Å²) in [5.74, 6) is 0. The lowest BCUT2D eigenvalue weighted by Gasteiger charge is -2.16. The van der Waals surface area contributed by atoms with E-state index in [0.29, 0.717) is 18.1 Å². The van der Waals surface area contributed by atoms with E-state index in [-0.39, 0.29) is 4.90 Å². The molecule has 1 aromatic rings. The van der Waals surface area contributed by atoms with E-state index in [2.05, 4.69) is 0 Å². The first-order chi connectivity index (χ1) is 7.51. The Morgan fingerprint density at radius 2 is 1.88 bits per heavy atom. The molecule has 1 aromatic carbocycles. The minimum atomic E-state index is -3.38.